The summed E-state index contributed by atoms with van der Waals surface area (Å²) in [6.07, 6.45) is 0. The Hall–Kier alpha value is -1.05. The van der Waals surface area contributed by atoms with Crippen molar-refractivity contribution in [3.8, 4) is 0 Å². The van der Waals surface area contributed by atoms with Gasteiger partial charge in [-0.25, -0.2) is 8.42 Å². The van der Waals surface area contributed by atoms with Crippen molar-refractivity contribution in [3.63, 3.8) is 0 Å². The molecule has 0 amide bonds. The first kappa shape index (κ1) is 14.9. The van der Waals surface area contributed by atoms with Gasteiger partial charge in [-0.05, 0) is 41.4 Å². The van der Waals surface area contributed by atoms with Crippen LogP contribution in [0.25, 0.3) is 0 Å². The molecule has 0 saturated carbocycles. The van der Waals surface area contributed by atoms with Gasteiger partial charge in [-0.1, -0.05) is 29.3 Å². The molecule has 1 aliphatic heterocycles. The van der Waals surface area contributed by atoms with E-state index in [0.717, 1.165) is 5.56 Å². The van der Waals surface area contributed by atoms with Crippen LogP contribution < -0.4 is 5.46 Å². The van der Waals surface area contributed by atoms with Gasteiger partial charge < -0.3 is 9.68 Å². The Balaban J connectivity index is 2.15. The zero-order valence-corrected chi connectivity index (χ0v) is 12.9. The van der Waals surface area contributed by atoms with Gasteiger partial charge in [0.1, 0.15) is 0 Å². The lowest BCUT2D eigenvalue weighted by Gasteiger charge is -2.09. The van der Waals surface area contributed by atoms with E-state index >= 15 is 0 Å². The van der Waals surface area contributed by atoms with Crippen LogP contribution in [0.5, 0.6) is 0 Å². The van der Waals surface area contributed by atoms with Crippen LogP contribution in [0.15, 0.2) is 46.2 Å². The SMILES string of the molecule is O=S(=O)(c1ccc2c(c1)B(O)OC2)c1cc(Cl)ccc1Cl. The minimum Gasteiger partial charge on any atom is -0.423 e. The fourth-order valence-electron chi connectivity index (χ4n) is 2.17. The van der Waals surface area contributed by atoms with Gasteiger partial charge in [-0.3, -0.25) is 0 Å². The van der Waals surface area contributed by atoms with Crippen LogP contribution in [0.4, 0.5) is 0 Å². The number of hydrogen-bond acceptors (Lipinski definition) is 4. The maximum Gasteiger partial charge on any atom is 0.491 e. The molecule has 0 atom stereocenters. The Kier molecular flexibility index (Phi) is 3.75. The third kappa shape index (κ3) is 2.58. The smallest absolute Gasteiger partial charge is 0.423 e. The number of sulfone groups is 1. The molecule has 2 aromatic carbocycles. The second kappa shape index (κ2) is 5.30. The molecule has 108 valence electrons. The van der Waals surface area contributed by atoms with E-state index in [9.17, 15) is 13.4 Å². The van der Waals surface area contributed by atoms with Gasteiger partial charge in [0.15, 0.2) is 0 Å². The van der Waals surface area contributed by atoms with E-state index in [0.29, 0.717) is 5.46 Å². The summed E-state index contributed by atoms with van der Waals surface area (Å²) >= 11 is 11.8. The largest absolute Gasteiger partial charge is 0.491 e. The highest BCUT2D eigenvalue weighted by Crippen LogP contribution is 2.30. The first-order chi connectivity index (χ1) is 9.89. The van der Waals surface area contributed by atoms with Crippen LogP contribution in [-0.2, 0) is 21.1 Å². The fraction of sp³-hybridized carbons (Fsp3) is 0.0769. The van der Waals surface area contributed by atoms with E-state index < -0.39 is 17.0 Å². The lowest BCUT2D eigenvalue weighted by Crippen LogP contribution is -2.28. The Bertz CT molecular complexity index is 823. The van der Waals surface area contributed by atoms with Crippen molar-refractivity contribution in [1.29, 1.82) is 0 Å². The van der Waals surface area contributed by atoms with Crippen molar-refractivity contribution in [2.24, 2.45) is 0 Å². The maximum absolute atomic E-state index is 12.6. The lowest BCUT2D eigenvalue weighted by atomic mass is 9.80. The first-order valence-electron chi connectivity index (χ1n) is 6.02. The average molecular weight is 343 g/mol. The molecule has 1 aliphatic rings. The maximum atomic E-state index is 12.6. The Morgan fingerprint density at radius 2 is 1.90 bits per heavy atom. The van der Waals surface area contributed by atoms with Crippen LogP contribution >= 0.6 is 23.2 Å². The molecular formula is C13H9BCl2O4S. The number of fused-ring (bicyclic) bond motifs is 1. The number of benzene rings is 2. The van der Waals surface area contributed by atoms with Crippen LogP contribution in [0.1, 0.15) is 5.56 Å². The summed E-state index contributed by atoms with van der Waals surface area (Å²) in [5, 5.41) is 10.1. The van der Waals surface area contributed by atoms with Crippen LogP contribution in [0.3, 0.4) is 0 Å². The van der Waals surface area contributed by atoms with E-state index in [4.69, 9.17) is 27.9 Å². The number of hydrogen-bond donors (Lipinski definition) is 1. The standard InChI is InChI=1S/C13H9BCl2O4S/c15-9-2-4-12(16)13(5-9)21(18,19)10-3-1-8-7-20-14(17)11(8)6-10/h1-6,17H,7H2. The van der Waals surface area contributed by atoms with E-state index in [1.807, 2.05) is 0 Å². The normalized spacial score (nSPS) is 14.3. The molecule has 21 heavy (non-hydrogen) atoms. The van der Waals surface area contributed by atoms with Gasteiger partial charge in [0.05, 0.1) is 21.4 Å². The predicted octanol–water partition coefficient (Wildman–Crippen LogP) is 2.04. The number of halogens is 2. The third-order valence-electron chi connectivity index (χ3n) is 3.27. The second-order valence-corrected chi connectivity index (χ2v) is 7.36. The van der Waals surface area contributed by atoms with Crippen LogP contribution in [0, 0.1) is 0 Å². The van der Waals surface area contributed by atoms with Crippen molar-refractivity contribution >= 4 is 45.6 Å². The summed E-state index contributed by atoms with van der Waals surface area (Å²) in [5.74, 6) is 0. The van der Waals surface area contributed by atoms with Gasteiger partial charge in [-0.2, -0.15) is 0 Å². The Morgan fingerprint density at radius 3 is 2.67 bits per heavy atom. The molecule has 0 fully saturated rings. The van der Waals surface area contributed by atoms with Crippen LogP contribution in [-0.4, -0.2) is 20.6 Å². The summed E-state index contributed by atoms with van der Waals surface area (Å²) in [6.45, 7) is 0.259. The van der Waals surface area contributed by atoms with Crippen LogP contribution in [0.2, 0.25) is 10.0 Å². The van der Waals surface area contributed by atoms with Crippen molar-refractivity contribution in [2.45, 2.75) is 16.4 Å². The van der Waals surface area contributed by atoms with Crippen molar-refractivity contribution in [2.75, 3.05) is 0 Å². The first-order valence-corrected chi connectivity index (χ1v) is 8.26. The highest BCUT2D eigenvalue weighted by atomic mass is 35.5. The molecule has 0 aliphatic carbocycles. The molecule has 0 saturated heterocycles. The monoisotopic (exact) mass is 342 g/mol. The summed E-state index contributed by atoms with van der Waals surface area (Å²) in [5.41, 5.74) is 1.22. The molecule has 0 unspecified atom stereocenters. The molecule has 1 N–H and O–H groups in total. The van der Waals surface area contributed by atoms with E-state index in [-0.39, 0.29) is 26.4 Å². The second-order valence-electron chi connectivity index (χ2n) is 4.60. The fourth-order valence-corrected chi connectivity index (χ4v) is 4.22. The highest BCUT2D eigenvalue weighted by molar-refractivity contribution is 7.91. The van der Waals surface area contributed by atoms with E-state index in [1.54, 1.807) is 6.07 Å². The zero-order valence-electron chi connectivity index (χ0n) is 10.6. The van der Waals surface area contributed by atoms with E-state index in [2.05, 4.69) is 0 Å². The van der Waals surface area contributed by atoms with Gasteiger partial charge >= 0.3 is 7.12 Å². The summed E-state index contributed by atoms with van der Waals surface area (Å²) < 4.78 is 30.3. The Labute approximate surface area is 132 Å². The quantitative estimate of drug-likeness (QED) is 0.848. The number of rotatable bonds is 2. The lowest BCUT2D eigenvalue weighted by molar-refractivity contribution is 0.275. The summed E-state index contributed by atoms with van der Waals surface area (Å²) in [4.78, 5) is -0.0278. The minimum atomic E-state index is -3.82. The topological polar surface area (TPSA) is 63.6 Å². The van der Waals surface area contributed by atoms with Gasteiger partial charge in [0, 0.05) is 5.02 Å². The predicted molar refractivity (Wildman–Crippen MR) is 80.8 cm³/mol. The van der Waals surface area contributed by atoms with Gasteiger partial charge in [0.2, 0.25) is 9.84 Å². The van der Waals surface area contributed by atoms with Gasteiger partial charge in [-0.15, -0.1) is 0 Å². The highest BCUT2D eigenvalue weighted by Gasteiger charge is 2.30. The van der Waals surface area contributed by atoms with E-state index in [1.165, 1.54) is 30.3 Å². The molecule has 0 bridgehead atoms. The molecule has 0 spiro atoms. The van der Waals surface area contributed by atoms with Crippen molar-refractivity contribution in [1.82, 2.24) is 0 Å². The van der Waals surface area contributed by atoms with Crippen molar-refractivity contribution in [3.05, 3.63) is 52.0 Å². The molecule has 1 heterocycles. The average Bonchev–Trinajstić information content (AvgIpc) is 2.82. The molecular weight excluding hydrogens is 334 g/mol. The Morgan fingerprint density at radius 1 is 1.14 bits per heavy atom. The minimum absolute atomic E-state index is 0.0370. The molecule has 3 rings (SSSR count). The van der Waals surface area contributed by atoms with Crippen molar-refractivity contribution < 1.29 is 18.1 Å². The summed E-state index contributed by atoms with van der Waals surface area (Å²) in [6, 6.07) is 8.74. The zero-order chi connectivity index (χ0) is 15.2. The molecule has 4 nitrogen and oxygen atoms in total. The molecule has 0 radical (unpaired) electrons. The van der Waals surface area contributed by atoms with Gasteiger partial charge in [0.25, 0.3) is 0 Å². The third-order valence-corrected chi connectivity index (χ3v) is 5.74. The summed E-state index contributed by atoms with van der Waals surface area (Å²) in [7, 11) is -4.93. The molecule has 0 aromatic heterocycles. The molecule has 2 aromatic rings. The molecule has 8 heteroatoms.